The highest BCUT2D eigenvalue weighted by atomic mass is 16.5. The van der Waals surface area contributed by atoms with E-state index in [-0.39, 0.29) is 6.10 Å². The summed E-state index contributed by atoms with van der Waals surface area (Å²) in [6.07, 6.45) is 7.35. The Morgan fingerprint density at radius 1 is 1.41 bits per heavy atom. The number of rotatable bonds is 3. The number of benzene rings is 1. The van der Waals surface area contributed by atoms with Gasteiger partial charge in [0.05, 0.1) is 6.10 Å². The highest BCUT2D eigenvalue weighted by molar-refractivity contribution is 5.38. The summed E-state index contributed by atoms with van der Waals surface area (Å²) in [6, 6.07) is 5.96. The number of aliphatic hydroxyl groups excluding tert-OH is 1. The smallest absolute Gasteiger partial charge is 0.126 e. The molecule has 0 saturated carbocycles. The van der Waals surface area contributed by atoms with Gasteiger partial charge in [-0.15, -0.1) is 0 Å². The molecule has 92 valence electrons. The summed E-state index contributed by atoms with van der Waals surface area (Å²) < 4.78 is 5.98. The van der Waals surface area contributed by atoms with E-state index < -0.39 is 6.10 Å². The Kier molecular flexibility index (Phi) is 3.85. The predicted molar refractivity (Wildman–Crippen MR) is 69.2 cm³/mol. The Hall–Kier alpha value is -1.28. The number of allylic oxidation sites excluding steroid dienone is 1. The molecular formula is C15H20O2. The molecular weight excluding hydrogens is 212 g/mol. The third kappa shape index (κ3) is 3.10. The van der Waals surface area contributed by atoms with Crippen molar-refractivity contribution in [2.45, 2.75) is 45.3 Å². The van der Waals surface area contributed by atoms with E-state index in [2.05, 4.69) is 12.2 Å². The molecule has 0 spiro atoms. The maximum absolute atomic E-state index is 9.73. The average Bonchev–Trinajstić information content (AvgIpc) is 2.30. The van der Waals surface area contributed by atoms with Gasteiger partial charge in [-0.05, 0) is 50.8 Å². The minimum absolute atomic E-state index is 0.156. The lowest BCUT2D eigenvalue weighted by atomic mass is 10.0. The van der Waals surface area contributed by atoms with Gasteiger partial charge in [0.2, 0.25) is 0 Å². The molecule has 0 aromatic heterocycles. The number of ether oxygens (including phenoxy) is 1. The fourth-order valence-electron chi connectivity index (χ4n) is 2.13. The van der Waals surface area contributed by atoms with E-state index >= 15 is 0 Å². The molecule has 2 heteroatoms. The minimum atomic E-state index is -0.488. The molecule has 1 aromatic rings. The van der Waals surface area contributed by atoms with Crippen LogP contribution in [0.5, 0.6) is 5.75 Å². The van der Waals surface area contributed by atoms with Gasteiger partial charge >= 0.3 is 0 Å². The van der Waals surface area contributed by atoms with Crippen molar-refractivity contribution in [3.05, 3.63) is 41.5 Å². The molecule has 2 unspecified atom stereocenters. The largest absolute Gasteiger partial charge is 0.486 e. The van der Waals surface area contributed by atoms with Gasteiger partial charge in [0.25, 0.3) is 0 Å². The van der Waals surface area contributed by atoms with Crippen molar-refractivity contribution in [3.63, 3.8) is 0 Å². The van der Waals surface area contributed by atoms with Crippen LogP contribution >= 0.6 is 0 Å². The Balaban J connectivity index is 2.20. The maximum atomic E-state index is 9.73. The summed E-state index contributed by atoms with van der Waals surface area (Å²) >= 11 is 0. The molecule has 1 N–H and O–H groups in total. The van der Waals surface area contributed by atoms with E-state index in [1.807, 2.05) is 25.1 Å². The van der Waals surface area contributed by atoms with Gasteiger partial charge in [-0.25, -0.2) is 0 Å². The van der Waals surface area contributed by atoms with Crippen LogP contribution in [0.1, 0.15) is 43.4 Å². The first-order chi connectivity index (χ1) is 8.16. The van der Waals surface area contributed by atoms with Gasteiger partial charge in [-0.3, -0.25) is 0 Å². The molecule has 0 bridgehead atoms. The molecule has 2 rings (SSSR count). The summed E-state index contributed by atoms with van der Waals surface area (Å²) in [7, 11) is 0. The van der Waals surface area contributed by atoms with Crippen LogP contribution in [-0.2, 0) is 0 Å². The van der Waals surface area contributed by atoms with Gasteiger partial charge in [0.1, 0.15) is 11.9 Å². The first kappa shape index (κ1) is 12.2. The standard InChI is InChI=1S/C15H20O2/c1-11-8-9-14(12(2)16)15(10-11)17-13-6-4-3-5-7-13/h4,6,8-10,12-13,16H,3,5,7H2,1-2H3. The fourth-order valence-corrected chi connectivity index (χ4v) is 2.13. The lowest BCUT2D eigenvalue weighted by Crippen LogP contribution is -2.17. The van der Waals surface area contributed by atoms with Crippen LogP contribution in [0.4, 0.5) is 0 Å². The molecule has 0 saturated heterocycles. The van der Waals surface area contributed by atoms with Crippen molar-refractivity contribution >= 4 is 0 Å². The number of hydrogen-bond donors (Lipinski definition) is 1. The van der Waals surface area contributed by atoms with Crippen LogP contribution in [0.25, 0.3) is 0 Å². The SMILES string of the molecule is Cc1ccc(C(C)O)c(OC2C=CCCC2)c1. The quantitative estimate of drug-likeness (QED) is 0.808. The lowest BCUT2D eigenvalue weighted by molar-refractivity contribution is 0.180. The van der Waals surface area contributed by atoms with Crippen molar-refractivity contribution in [3.8, 4) is 5.75 Å². The van der Waals surface area contributed by atoms with Crippen molar-refractivity contribution in [1.29, 1.82) is 0 Å². The minimum Gasteiger partial charge on any atom is -0.486 e. The normalized spacial score (nSPS) is 21.2. The van der Waals surface area contributed by atoms with Gasteiger partial charge in [0.15, 0.2) is 0 Å². The summed E-state index contributed by atoms with van der Waals surface area (Å²) in [5.41, 5.74) is 2.03. The van der Waals surface area contributed by atoms with Crippen LogP contribution in [0.3, 0.4) is 0 Å². The monoisotopic (exact) mass is 232 g/mol. The molecule has 1 aromatic carbocycles. The van der Waals surface area contributed by atoms with Crippen molar-refractivity contribution in [2.24, 2.45) is 0 Å². The van der Waals surface area contributed by atoms with E-state index in [0.717, 1.165) is 29.7 Å². The van der Waals surface area contributed by atoms with E-state index in [9.17, 15) is 5.11 Å². The molecule has 0 aliphatic heterocycles. The molecule has 2 nitrogen and oxygen atoms in total. The van der Waals surface area contributed by atoms with Crippen LogP contribution in [0, 0.1) is 6.92 Å². The molecule has 0 amide bonds. The van der Waals surface area contributed by atoms with Crippen molar-refractivity contribution < 1.29 is 9.84 Å². The second-order valence-electron chi connectivity index (χ2n) is 4.73. The Morgan fingerprint density at radius 3 is 2.88 bits per heavy atom. The summed E-state index contributed by atoms with van der Waals surface area (Å²) in [6.45, 7) is 3.81. The van der Waals surface area contributed by atoms with Crippen LogP contribution < -0.4 is 4.74 Å². The molecule has 17 heavy (non-hydrogen) atoms. The third-order valence-corrected chi connectivity index (χ3v) is 3.11. The molecule has 1 aliphatic carbocycles. The number of aliphatic hydroxyl groups is 1. The van der Waals surface area contributed by atoms with Gasteiger partial charge < -0.3 is 9.84 Å². The Bertz CT molecular complexity index is 407. The second kappa shape index (κ2) is 5.37. The Labute approximate surface area is 103 Å². The first-order valence-electron chi connectivity index (χ1n) is 6.29. The summed E-state index contributed by atoms with van der Waals surface area (Å²) in [5.74, 6) is 0.816. The van der Waals surface area contributed by atoms with E-state index in [1.54, 1.807) is 6.92 Å². The van der Waals surface area contributed by atoms with Crippen LogP contribution in [-0.4, -0.2) is 11.2 Å². The number of aryl methyl sites for hydroxylation is 1. The zero-order valence-corrected chi connectivity index (χ0v) is 10.5. The zero-order chi connectivity index (χ0) is 12.3. The zero-order valence-electron chi connectivity index (χ0n) is 10.5. The second-order valence-corrected chi connectivity index (χ2v) is 4.73. The number of hydrogen-bond acceptors (Lipinski definition) is 2. The summed E-state index contributed by atoms with van der Waals surface area (Å²) in [5, 5.41) is 9.73. The molecule has 1 aliphatic rings. The highest BCUT2D eigenvalue weighted by Gasteiger charge is 2.14. The topological polar surface area (TPSA) is 29.5 Å². The Morgan fingerprint density at radius 2 is 2.24 bits per heavy atom. The van der Waals surface area contributed by atoms with Crippen LogP contribution in [0.15, 0.2) is 30.4 Å². The van der Waals surface area contributed by atoms with Crippen LogP contribution in [0.2, 0.25) is 0 Å². The predicted octanol–water partition coefficient (Wildman–Crippen LogP) is 3.54. The molecule has 0 heterocycles. The molecule has 0 radical (unpaired) electrons. The van der Waals surface area contributed by atoms with E-state index in [4.69, 9.17) is 4.74 Å². The van der Waals surface area contributed by atoms with E-state index in [1.165, 1.54) is 6.42 Å². The first-order valence-corrected chi connectivity index (χ1v) is 6.29. The van der Waals surface area contributed by atoms with E-state index in [0.29, 0.717) is 0 Å². The molecule has 0 fully saturated rings. The fraction of sp³-hybridized carbons (Fsp3) is 0.467. The van der Waals surface area contributed by atoms with Crippen molar-refractivity contribution in [2.75, 3.05) is 0 Å². The average molecular weight is 232 g/mol. The van der Waals surface area contributed by atoms with Crippen molar-refractivity contribution in [1.82, 2.24) is 0 Å². The van der Waals surface area contributed by atoms with Gasteiger partial charge in [-0.2, -0.15) is 0 Å². The van der Waals surface area contributed by atoms with Gasteiger partial charge in [-0.1, -0.05) is 18.2 Å². The highest BCUT2D eigenvalue weighted by Crippen LogP contribution is 2.28. The maximum Gasteiger partial charge on any atom is 0.126 e. The lowest BCUT2D eigenvalue weighted by Gasteiger charge is -2.21. The third-order valence-electron chi connectivity index (χ3n) is 3.11. The van der Waals surface area contributed by atoms with Gasteiger partial charge in [0, 0.05) is 5.56 Å². The summed E-state index contributed by atoms with van der Waals surface area (Å²) in [4.78, 5) is 0. The molecule has 2 atom stereocenters.